The summed E-state index contributed by atoms with van der Waals surface area (Å²) in [5, 5.41) is 2.91. The van der Waals surface area contributed by atoms with Crippen molar-refractivity contribution in [3.63, 3.8) is 0 Å². The molecule has 2 amide bonds. The lowest BCUT2D eigenvalue weighted by Gasteiger charge is -2.40. The molecule has 114 valence electrons. The highest BCUT2D eigenvalue weighted by Crippen LogP contribution is 2.37. The second kappa shape index (κ2) is 5.61. The molecule has 3 heterocycles. The number of carbonyl (C=O) groups is 2. The van der Waals surface area contributed by atoms with E-state index in [9.17, 15) is 9.59 Å². The molecule has 2 fully saturated rings. The maximum atomic E-state index is 12.7. The Labute approximate surface area is 133 Å². The van der Waals surface area contributed by atoms with Crippen molar-refractivity contribution in [3.8, 4) is 0 Å². The molecule has 2 aliphatic heterocycles. The van der Waals surface area contributed by atoms with Crippen LogP contribution in [0.1, 0.15) is 37.0 Å². The molecule has 6 heteroatoms. The van der Waals surface area contributed by atoms with Crippen molar-refractivity contribution in [2.45, 2.75) is 32.1 Å². The van der Waals surface area contributed by atoms with Crippen LogP contribution in [0.25, 0.3) is 0 Å². The molecular weight excluding hydrogens is 308 g/mol. The van der Waals surface area contributed by atoms with Crippen molar-refractivity contribution in [1.29, 1.82) is 0 Å². The third kappa shape index (κ3) is 2.94. The van der Waals surface area contributed by atoms with Crippen LogP contribution in [0.2, 0.25) is 4.34 Å². The SMILES string of the molecule is C[C@@H](C(=O)N1CCC[C@]2(CNC(=O)C2)C1)c1ccc(Cl)s1. The van der Waals surface area contributed by atoms with Gasteiger partial charge in [-0.25, -0.2) is 0 Å². The molecule has 1 aromatic heterocycles. The molecule has 2 saturated heterocycles. The zero-order chi connectivity index (χ0) is 15.0. The van der Waals surface area contributed by atoms with Crippen molar-refractivity contribution in [1.82, 2.24) is 10.2 Å². The van der Waals surface area contributed by atoms with Gasteiger partial charge < -0.3 is 10.2 Å². The Bertz CT molecular complexity index is 574. The van der Waals surface area contributed by atoms with Crippen molar-refractivity contribution in [2.24, 2.45) is 5.41 Å². The lowest BCUT2D eigenvalue weighted by Crippen LogP contribution is -2.48. The second-order valence-corrected chi connectivity index (χ2v) is 7.93. The van der Waals surface area contributed by atoms with E-state index in [-0.39, 0.29) is 23.1 Å². The van der Waals surface area contributed by atoms with Gasteiger partial charge in [-0.3, -0.25) is 9.59 Å². The lowest BCUT2D eigenvalue weighted by molar-refractivity contribution is -0.136. The first-order valence-corrected chi connectivity index (χ1v) is 8.49. The normalized spacial score (nSPS) is 27.0. The van der Waals surface area contributed by atoms with Gasteiger partial charge in [-0.15, -0.1) is 11.3 Å². The molecule has 0 bridgehead atoms. The highest BCUT2D eigenvalue weighted by molar-refractivity contribution is 7.16. The topological polar surface area (TPSA) is 49.4 Å². The Kier molecular flexibility index (Phi) is 3.97. The number of thiophene rings is 1. The molecule has 4 nitrogen and oxygen atoms in total. The van der Waals surface area contributed by atoms with Gasteiger partial charge in [-0.2, -0.15) is 0 Å². The van der Waals surface area contributed by atoms with Gasteiger partial charge in [-0.1, -0.05) is 11.6 Å². The van der Waals surface area contributed by atoms with Crippen molar-refractivity contribution < 1.29 is 9.59 Å². The zero-order valence-corrected chi connectivity index (χ0v) is 13.6. The Morgan fingerprint density at radius 3 is 2.95 bits per heavy atom. The molecule has 1 spiro atoms. The van der Waals surface area contributed by atoms with Gasteiger partial charge >= 0.3 is 0 Å². The molecule has 2 aliphatic rings. The molecule has 0 radical (unpaired) electrons. The minimum Gasteiger partial charge on any atom is -0.355 e. The number of carbonyl (C=O) groups excluding carboxylic acids is 2. The number of likely N-dealkylation sites (tertiary alicyclic amines) is 1. The smallest absolute Gasteiger partial charge is 0.230 e. The number of amides is 2. The van der Waals surface area contributed by atoms with Gasteiger partial charge in [0.15, 0.2) is 0 Å². The van der Waals surface area contributed by atoms with Crippen LogP contribution in [0.4, 0.5) is 0 Å². The highest BCUT2D eigenvalue weighted by Gasteiger charge is 2.43. The van der Waals surface area contributed by atoms with Crippen LogP contribution in [-0.2, 0) is 9.59 Å². The average molecular weight is 327 g/mol. The Balaban J connectivity index is 1.71. The molecular formula is C15H19ClN2O2S. The minimum absolute atomic E-state index is 0.0438. The monoisotopic (exact) mass is 326 g/mol. The fraction of sp³-hybridized carbons (Fsp3) is 0.600. The van der Waals surface area contributed by atoms with Crippen LogP contribution < -0.4 is 5.32 Å². The fourth-order valence-corrected chi connectivity index (χ4v) is 4.50. The summed E-state index contributed by atoms with van der Waals surface area (Å²) in [5.41, 5.74) is -0.0438. The van der Waals surface area contributed by atoms with E-state index >= 15 is 0 Å². The van der Waals surface area contributed by atoms with Gasteiger partial charge in [0.2, 0.25) is 11.8 Å². The van der Waals surface area contributed by atoms with Crippen LogP contribution in [-0.4, -0.2) is 36.3 Å². The Morgan fingerprint density at radius 1 is 1.52 bits per heavy atom. The van der Waals surface area contributed by atoms with Crippen LogP contribution in [0.15, 0.2) is 12.1 Å². The van der Waals surface area contributed by atoms with Crippen LogP contribution in [0.3, 0.4) is 0 Å². The average Bonchev–Trinajstić information content (AvgIpc) is 3.04. The van der Waals surface area contributed by atoms with Gasteiger partial charge in [0.05, 0.1) is 10.3 Å². The Hall–Kier alpha value is -1.07. The van der Waals surface area contributed by atoms with Gasteiger partial charge in [-0.05, 0) is 31.9 Å². The maximum Gasteiger partial charge on any atom is 0.230 e. The fourth-order valence-electron chi connectivity index (χ4n) is 3.39. The summed E-state index contributed by atoms with van der Waals surface area (Å²) in [6.45, 7) is 4.12. The number of nitrogens with zero attached hydrogens (tertiary/aromatic N) is 1. The summed E-state index contributed by atoms with van der Waals surface area (Å²) in [6.07, 6.45) is 2.54. The van der Waals surface area contributed by atoms with Gasteiger partial charge in [0.1, 0.15) is 0 Å². The summed E-state index contributed by atoms with van der Waals surface area (Å²) >= 11 is 7.42. The van der Waals surface area contributed by atoms with E-state index in [0.717, 1.165) is 24.3 Å². The van der Waals surface area contributed by atoms with Gasteiger partial charge in [0, 0.05) is 36.3 Å². The summed E-state index contributed by atoms with van der Waals surface area (Å²) in [4.78, 5) is 27.2. The zero-order valence-electron chi connectivity index (χ0n) is 12.0. The molecule has 3 rings (SSSR count). The first-order chi connectivity index (χ1) is 9.99. The summed E-state index contributed by atoms with van der Waals surface area (Å²) in [7, 11) is 0. The van der Waals surface area contributed by atoms with E-state index in [0.29, 0.717) is 23.8 Å². The van der Waals surface area contributed by atoms with E-state index in [1.807, 2.05) is 24.0 Å². The standard InChI is InChI=1S/C15H19ClN2O2S/c1-10(11-3-4-12(16)21-11)14(20)18-6-2-5-15(9-18)7-13(19)17-8-15/h3-4,10H,2,5-9H2,1H3,(H,17,19)/t10-,15+/m1/s1. The van der Waals surface area contributed by atoms with Crippen LogP contribution in [0, 0.1) is 5.41 Å². The van der Waals surface area contributed by atoms with E-state index in [4.69, 9.17) is 11.6 Å². The number of hydrogen-bond acceptors (Lipinski definition) is 3. The summed E-state index contributed by atoms with van der Waals surface area (Å²) in [5.74, 6) is 0.0945. The molecule has 2 atom stereocenters. The summed E-state index contributed by atoms with van der Waals surface area (Å²) < 4.78 is 0.713. The largest absolute Gasteiger partial charge is 0.355 e. The van der Waals surface area contributed by atoms with Crippen molar-refractivity contribution >= 4 is 34.8 Å². The third-order valence-electron chi connectivity index (χ3n) is 4.56. The molecule has 0 saturated carbocycles. The van der Waals surface area contributed by atoms with E-state index in [2.05, 4.69) is 5.32 Å². The maximum absolute atomic E-state index is 12.7. The third-order valence-corrected chi connectivity index (χ3v) is 5.97. The molecule has 0 aliphatic carbocycles. The predicted molar refractivity (Wildman–Crippen MR) is 83.6 cm³/mol. The number of rotatable bonds is 2. The van der Waals surface area contributed by atoms with Crippen molar-refractivity contribution in [2.75, 3.05) is 19.6 Å². The quantitative estimate of drug-likeness (QED) is 0.908. The van der Waals surface area contributed by atoms with E-state index < -0.39 is 0 Å². The van der Waals surface area contributed by atoms with Gasteiger partial charge in [0.25, 0.3) is 0 Å². The molecule has 21 heavy (non-hydrogen) atoms. The number of piperidine rings is 1. The first-order valence-electron chi connectivity index (χ1n) is 7.30. The lowest BCUT2D eigenvalue weighted by atomic mass is 9.79. The number of hydrogen-bond donors (Lipinski definition) is 1. The molecule has 1 aromatic rings. The molecule has 0 aromatic carbocycles. The number of nitrogens with one attached hydrogen (secondary N) is 1. The van der Waals surface area contributed by atoms with E-state index in [1.165, 1.54) is 11.3 Å². The van der Waals surface area contributed by atoms with E-state index in [1.54, 1.807) is 0 Å². The number of halogens is 1. The van der Waals surface area contributed by atoms with Crippen LogP contribution >= 0.6 is 22.9 Å². The Morgan fingerprint density at radius 2 is 2.33 bits per heavy atom. The summed E-state index contributed by atoms with van der Waals surface area (Å²) in [6, 6.07) is 3.76. The first kappa shape index (κ1) is 14.9. The minimum atomic E-state index is -0.164. The predicted octanol–water partition coefficient (Wildman–Crippen LogP) is 2.63. The highest BCUT2D eigenvalue weighted by atomic mass is 35.5. The van der Waals surface area contributed by atoms with Crippen molar-refractivity contribution in [3.05, 3.63) is 21.3 Å². The second-order valence-electron chi connectivity index (χ2n) is 6.18. The van der Waals surface area contributed by atoms with Crippen LogP contribution in [0.5, 0.6) is 0 Å². The molecule has 0 unspecified atom stereocenters. The molecule has 1 N–H and O–H groups in total.